The van der Waals surface area contributed by atoms with Crippen molar-refractivity contribution >= 4 is 11.9 Å². The lowest BCUT2D eigenvalue weighted by molar-refractivity contribution is 0.209. The van der Waals surface area contributed by atoms with Gasteiger partial charge in [-0.1, -0.05) is 0 Å². The molecule has 0 saturated carbocycles. The van der Waals surface area contributed by atoms with E-state index >= 15 is 0 Å². The number of amidine groups is 1. The number of hydrogen-bond donors (Lipinski definition) is 0. The van der Waals surface area contributed by atoms with E-state index in [-0.39, 0.29) is 6.03 Å². The molecule has 4 nitrogen and oxygen atoms in total. The second-order valence-electron chi connectivity index (χ2n) is 2.34. The Morgan fingerprint density at radius 2 is 2.10 bits per heavy atom. The highest BCUT2D eigenvalue weighted by atomic mass is 16.2. The van der Waals surface area contributed by atoms with Gasteiger partial charge in [0.15, 0.2) is 0 Å². The molecule has 0 bridgehead atoms. The molecule has 0 aromatic rings. The molecule has 0 aromatic carbocycles. The van der Waals surface area contributed by atoms with Crippen molar-refractivity contribution < 1.29 is 4.79 Å². The lowest BCUT2D eigenvalue weighted by atomic mass is 10.6. The Morgan fingerprint density at radius 3 is 2.30 bits per heavy atom. The molecule has 0 spiro atoms. The highest BCUT2D eigenvalue weighted by Crippen LogP contribution is 2.05. The third-order valence-corrected chi connectivity index (χ3v) is 1.64. The van der Waals surface area contributed by atoms with E-state index in [1.165, 1.54) is 0 Å². The summed E-state index contributed by atoms with van der Waals surface area (Å²) in [5, 5.41) is 0. The normalized spacial score (nSPS) is 23.1. The summed E-state index contributed by atoms with van der Waals surface area (Å²) in [7, 11) is 5.18. The van der Waals surface area contributed by atoms with Gasteiger partial charge in [0.2, 0.25) is 0 Å². The summed E-state index contributed by atoms with van der Waals surface area (Å²) >= 11 is 0. The first-order chi connectivity index (χ1) is 4.66. The minimum atomic E-state index is 0.0144. The number of likely N-dealkylation sites (N-methyl/N-ethyl adjacent to an activating group) is 2. The molecule has 4 heteroatoms. The number of hydrogen-bond acceptors (Lipinski definition) is 2. The molecular formula is C6H11N3O. The van der Waals surface area contributed by atoms with Gasteiger partial charge in [-0.15, -0.1) is 0 Å². The first-order valence-electron chi connectivity index (χ1n) is 3.11. The molecule has 1 rings (SSSR count). The van der Waals surface area contributed by atoms with Crippen molar-refractivity contribution in [1.82, 2.24) is 9.80 Å². The van der Waals surface area contributed by atoms with Crippen molar-refractivity contribution in [2.75, 3.05) is 27.7 Å². The molecule has 1 aliphatic heterocycles. The Morgan fingerprint density at radius 1 is 1.50 bits per heavy atom. The maximum atomic E-state index is 11.0. The summed E-state index contributed by atoms with van der Waals surface area (Å²) in [5.41, 5.74) is 0. The fourth-order valence-electron chi connectivity index (χ4n) is 0.973. The van der Waals surface area contributed by atoms with Crippen LogP contribution < -0.4 is 0 Å². The molecule has 1 fully saturated rings. The Balaban J connectivity index is 2.81. The second kappa shape index (κ2) is 2.28. The van der Waals surface area contributed by atoms with Crippen molar-refractivity contribution in [2.45, 2.75) is 0 Å². The molecule has 0 atom stereocenters. The highest BCUT2D eigenvalue weighted by Gasteiger charge is 2.27. The van der Waals surface area contributed by atoms with E-state index in [4.69, 9.17) is 0 Å². The Kier molecular flexibility index (Phi) is 1.61. The number of carbonyl (C=O) groups excluding carboxylic acids is 1. The van der Waals surface area contributed by atoms with Gasteiger partial charge in [0.1, 0.15) is 5.84 Å². The molecule has 0 unspecified atom stereocenters. The third-order valence-electron chi connectivity index (χ3n) is 1.64. The molecule has 2 amide bonds. The molecule has 0 N–H and O–H groups in total. The van der Waals surface area contributed by atoms with Crippen molar-refractivity contribution in [2.24, 2.45) is 4.99 Å². The van der Waals surface area contributed by atoms with E-state index < -0.39 is 0 Å². The first-order valence-corrected chi connectivity index (χ1v) is 3.11. The molecule has 1 heterocycles. The second-order valence-corrected chi connectivity index (χ2v) is 2.34. The fraction of sp³-hybridized carbons (Fsp3) is 0.667. The van der Waals surface area contributed by atoms with Gasteiger partial charge in [0.25, 0.3) is 0 Å². The summed E-state index contributed by atoms with van der Waals surface area (Å²) in [6.45, 7) is 0.631. The topological polar surface area (TPSA) is 35.9 Å². The van der Waals surface area contributed by atoms with Crippen LogP contribution in [0.3, 0.4) is 0 Å². The van der Waals surface area contributed by atoms with Crippen molar-refractivity contribution in [3.05, 3.63) is 0 Å². The summed E-state index contributed by atoms with van der Waals surface area (Å²) in [5.74, 6) is 0.826. The van der Waals surface area contributed by atoms with Gasteiger partial charge in [-0.25, -0.2) is 4.79 Å². The zero-order valence-corrected chi connectivity index (χ0v) is 6.46. The molecule has 1 aliphatic rings. The fourth-order valence-corrected chi connectivity index (χ4v) is 0.973. The van der Waals surface area contributed by atoms with Gasteiger partial charge in [-0.3, -0.25) is 9.89 Å². The summed E-state index contributed by atoms with van der Waals surface area (Å²) < 4.78 is 0. The van der Waals surface area contributed by atoms with Crippen LogP contribution in [0.2, 0.25) is 0 Å². The number of nitrogens with zero attached hydrogens (tertiary/aromatic N) is 3. The summed E-state index contributed by atoms with van der Waals surface area (Å²) in [4.78, 5) is 18.2. The SMILES string of the molecule is CN=C1CN(C)C(=O)N1C. The lowest BCUT2D eigenvalue weighted by Gasteiger charge is -2.07. The number of amides is 2. The van der Waals surface area contributed by atoms with Crippen molar-refractivity contribution in [3.63, 3.8) is 0 Å². The number of aliphatic imine (C=N–C) groups is 1. The monoisotopic (exact) mass is 141 g/mol. The van der Waals surface area contributed by atoms with Crippen LogP contribution in [0.1, 0.15) is 0 Å². The predicted octanol–water partition coefficient (Wildman–Crippen LogP) is 0.0119. The van der Waals surface area contributed by atoms with Gasteiger partial charge in [-0.2, -0.15) is 0 Å². The van der Waals surface area contributed by atoms with Crippen LogP contribution in [0, 0.1) is 0 Å². The van der Waals surface area contributed by atoms with Crippen molar-refractivity contribution in [3.8, 4) is 0 Å². The van der Waals surface area contributed by atoms with Gasteiger partial charge in [0.05, 0.1) is 6.54 Å². The molecule has 0 radical (unpaired) electrons. The first kappa shape index (κ1) is 7.05. The zero-order valence-electron chi connectivity index (χ0n) is 6.46. The highest BCUT2D eigenvalue weighted by molar-refractivity contribution is 6.04. The van der Waals surface area contributed by atoms with E-state index in [2.05, 4.69) is 4.99 Å². The van der Waals surface area contributed by atoms with Crippen molar-refractivity contribution in [1.29, 1.82) is 0 Å². The minimum Gasteiger partial charge on any atom is -0.320 e. The average molecular weight is 141 g/mol. The molecule has 1 saturated heterocycles. The number of urea groups is 1. The van der Waals surface area contributed by atoms with Gasteiger partial charge >= 0.3 is 6.03 Å². The maximum Gasteiger partial charge on any atom is 0.325 e. The maximum absolute atomic E-state index is 11.0. The number of carbonyl (C=O) groups is 1. The lowest BCUT2D eigenvalue weighted by Crippen LogP contribution is -2.27. The molecular weight excluding hydrogens is 130 g/mol. The molecule has 0 aliphatic carbocycles. The summed E-state index contributed by atoms with van der Waals surface area (Å²) in [6, 6.07) is 0.0144. The Hall–Kier alpha value is -1.06. The number of rotatable bonds is 0. The van der Waals surface area contributed by atoms with E-state index in [0.717, 1.165) is 5.84 Å². The zero-order chi connectivity index (χ0) is 7.72. The van der Waals surface area contributed by atoms with Gasteiger partial charge in [0, 0.05) is 21.1 Å². The Bertz CT molecular complexity index is 187. The average Bonchev–Trinajstić information content (AvgIpc) is 2.17. The van der Waals surface area contributed by atoms with E-state index in [1.54, 1.807) is 30.9 Å². The van der Waals surface area contributed by atoms with E-state index in [0.29, 0.717) is 6.54 Å². The largest absolute Gasteiger partial charge is 0.325 e. The van der Waals surface area contributed by atoms with Gasteiger partial charge < -0.3 is 4.90 Å². The van der Waals surface area contributed by atoms with E-state index in [1.807, 2.05) is 0 Å². The smallest absolute Gasteiger partial charge is 0.320 e. The Labute approximate surface area is 60.1 Å². The molecule has 56 valence electrons. The van der Waals surface area contributed by atoms with Crippen LogP contribution in [0.25, 0.3) is 0 Å². The van der Waals surface area contributed by atoms with Crippen LogP contribution in [0.4, 0.5) is 4.79 Å². The van der Waals surface area contributed by atoms with Crippen LogP contribution >= 0.6 is 0 Å². The van der Waals surface area contributed by atoms with Crippen LogP contribution in [0.15, 0.2) is 4.99 Å². The van der Waals surface area contributed by atoms with Crippen LogP contribution in [-0.4, -0.2) is 49.4 Å². The molecule has 10 heavy (non-hydrogen) atoms. The predicted molar refractivity (Wildman–Crippen MR) is 39.1 cm³/mol. The minimum absolute atomic E-state index is 0.0144. The quantitative estimate of drug-likeness (QED) is 0.468. The van der Waals surface area contributed by atoms with E-state index in [9.17, 15) is 4.79 Å². The third kappa shape index (κ3) is 0.853. The summed E-state index contributed by atoms with van der Waals surface area (Å²) in [6.07, 6.45) is 0. The standard InChI is InChI=1S/C6H11N3O/c1-7-5-4-8(2)6(10)9(5)3/h4H2,1-3H3. The van der Waals surface area contributed by atoms with Crippen LogP contribution in [-0.2, 0) is 0 Å². The van der Waals surface area contributed by atoms with Crippen LogP contribution in [0.5, 0.6) is 0 Å². The van der Waals surface area contributed by atoms with Gasteiger partial charge in [-0.05, 0) is 0 Å². The molecule has 0 aromatic heterocycles.